The van der Waals surface area contributed by atoms with Gasteiger partial charge in [0.25, 0.3) is 0 Å². The molecule has 4 aromatic rings. The highest BCUT2D eigenvalue weighted by Gasteiger charge is 2.25. The first-order valence-corrected chi connectivity index (χ1v) is 10.2. The number of benzene rings is 3. The van der Waals surface area contributed by atoms with Crippen molar-refractivity contribution in [2.75, 3.05) is 5.32 Å². The highest BCUT2D eigenvalue weighted by Crippen LogP contribution is 2.37. The lowest BCUT2D eigenvalue weighted by Crippen LogP contribution is -2.19. The lowest BCUT2D eigenvalue weighted by molar-refractivity contribution is 0.720. The third-order valence-electron chi connectivity index (χ3n) is 4.77. The van der Waals surface area contributed by atoms with Crippen LogP contribution < -0.4 is 5.32 Å². The summed E-state index contributed by atoms with van der Waals surface area (Å²) in [6.45, 7) is 0. The number of nitrogens with zero attached hydrogens (tertiary/aromatic N) is 2. The van der Waals surface area contributed by atoms with Crippen molar-refractivity contribution in [2.24, 2.45) is 0 Å². The molecule has 0 fully saturated rings. The van der Waals surface area contributed by atoms with E-state index in [1.807, 2.05) is 18.2 Å². The molecule has 0 radical (unpaired) electrons. The van der Waals surface area contributed by atoms with Crippen molar-refractivity contribution < 1.29 is 0 Å². The molecule has 3 nitrogen and oxygen atoms in total. The third-order valence-corrected chi connectivity index (χ3v) is 5.76. The Morgan fingerprint density at radius 1 is 0.852 bits per heavy atom. The predicted octanol–water partition coefficient (Wildman–Crippen LogP) is 6.62. The van der Waals surface area contributed by atoms with Crippen molar-refractivity contribution in [3.63, 3.8) is 0 Å². The summed E-state index contributed by atoms with van der Waals surface area (Å²) in [5.74, 6) is 0.860. The van der Waals surface area contributed by atoms with Crippen molar-refractivity contribution in [3.05, 3.63) is 98.9 Å². The summed E-state index contributed by atoms with van der Waals surface area (Å²) < 4.78 is 4.39. The molecule has 27 heavy (non-hydrogen) atoms. The number of allylic oxidation sites excluding steroid dienone is 1. The fourth-order valence-corrected chi connectivity index (χ4v) is 4.39. The maximum atomic E-state index is 4.84. The van der Waals surface area contributed by atoms with E-state index in [9.17, 15) is 0 Å². The third kappa shape index (κ3) is 3.01. The number of nitrogens with one attached hydrogen (secondary N) is 1. The van der Waals surface area contributed by atoms with Gasteiger partial charge in [-0.1, -0.05) is 68.3 Å². The van der Waals surface area contributed by atoms with E-state index in [1.54, 1.807) is 0 Å². The quantitative estimate of drug-likeness (QED) is 0.349. The molecule has 2 heterocycles. The molecule has 0 saturated carbocycles. The molecular formula is C22H15Br2N3. The van der Waals surface area contributed by atoms with Gasteiger partial charge in [0.2, 0.25) is 5.95 Å². The Morgan fingerprint density at radius 3 is 2.44 bits per heavy atom. The fraction of sp³-hybridized carbons (Fsp3) is 0.0455. The van der Waals surface area contributed by atoms with Crippen molar-refractivity contribution in [1.29, 1.82) is 0 Å². The maximum absolute atomic E-state index is 4.84. The van der Waals surface area contributed by atoms with Crippen LogP contribution in [0.4, 0.5) is 5.95 Å². The summed E-state index contributed by atoms with van der Waals surface area (Å²) in [5.41, 5.74) is 5.51. The zero-order valence-electron chi connectivity index (χ0n) is 14.2. The summed E-state index contributed by atoms with van der Waals surface area (Å²) in [7, 11) is 0. The topological polar surface area (TPSA) is 29.9 Å². The molecule has 1 aromatic heterocycles. The van der Waals surface area contributed by atoms with Crippen molar-refractivity contribution in [3.8, 4) is 0 Å². The predicted molar refractivity (Wildman–Crippen MR) is 118 cm³/mol. The molecule has 0 unspecified atom stereocenters. The Balaban J connectivity index is 1.74. The van der Waals surface area contributed by atoms with Gasteiger partial charge in [0, 0.05) is 14.6 Å². The lowest BCUT2D eigenvalue weighted by atomic mass is 10.0. The van der Waals surface area contributed by atoms with Crippen LogP contribution in [0.25, 0.3) is 16.7 Å². The van der Waals surface area contributed by atoms with Crippen LogP contribution in [0, 0.1) is 0 Å². The molecule has 0 bridgehead atoms. The van der Waals surface area contributed by atoms with Crippen molar-refractivity contribution >= 4 is 54.5 Å². The van der Waals surface area contributed by atoms with Crippen LogP contribution in [0.5, 0.6) is 0 Å². The van der Waals surface area contributed by atoms with E-state index in [2.05, 4.69) is 102 Å². The number of aromatic nitrogens is 2. The molecule has 3 aromatic carbocycles. The number of rotatable bonds is 2. The molecule has 132 valence electrons. The molecule has 0 amide bonds. The van der Waals surface area contributed by atoms with E-state index in [-0.39, 0.29) is 6.04 Å². The zero-order chi connectivity index (χ0) is 18.4. The first-order chi connectivity index (χ1) is 13.2. The molecule has 1 aliphatic rings. The van der Waals surface area contributed by atoms with Gasteiger partial charge >= 0.3 is 0 Å². The van der Waals surface area contributed by atoms with E-state index in [0.29, 0.717) is 0 Å². The minimum Gasteiger partial charge on any atom is -0.325 e. The molecule has 1 atom stereocenters. The van der Waals surface area contributed by atoms with Crippen molar-refractivity contribution in [1.82, 2.24) is 9.55 Å². The minimum absolute atomic E-state index is 0.0557. The SMILES string of the molecule is Brc1cccc(C2=C[C@H](c3cccc(Br)c3)n3c(nc4ccccc43)N2)c1. The largest absolute Gasteiger partial charge is 0.325 e. The van der Waals surface area contributed by atoms with Crippen LogP contribution in [0.15, 0.2) is 87.8 Å². The van der Waals surface area contributed by atoms with Gasteiger partial charge in [0.1, 0.15) is 0 Å². The Labute approximate surface area is 174 Å². The van der Waals surface area contributed by atoms with Crippen LogP contribution in [0.3, 0.4) is 0 Å². The van der Waals surface area contributed by atoms with Gasteiger partial charge < -0.3 is 5.32 Å². The Morgan fingerprint density at radius 2 is 1.63 bits per heavy atom. The van der Waals surface area contributed by atoms with Gasteiger partial charge in [0.05, 0.1) is 17.1 Å². The first-order valence-electron chi connectivity index (χ1n) is 8.66. The first kappa shape index (κ1) is 16.8. The van der Waals surface area contributed by atoms with Crippen LogP contribution >= 0.6 is 31.9 Å². The number of hydrogen-bond donors (Lipinski definition) is 1. The summed E-state index contributed by atoms with van der Waals surface area (Å²) in [6, 6.07) is 25.1. The molecule has 5 rings (SSSR count). The molecule has 0 saturated heterocycles. The summed E-state index contributed by atoms with van der Waals surface area (Å²) in [4.78, 5) is 4.84. The van der Waals surface area contributed by atoms with E-state index in [1.165, 1.54) is 5.56 Å². The van der Waals surface area contributed by atoms with Crippen LogP contribution in [-0.2, 0) is 0 Å². The standard InChI is InChI=1S/C22H15Br2N3/c23-16-7-3-5-14(11-16)19-13-21(15-6-4-8-17(24)12-15)27-20-10-2-1-9-18(20)25-22(27)26-19/h1-13,21H,(H,25,26)/t21-/m1/s1. The Hall–Kier alpha value is -2.37. The maximum Gasteiger partial charge on any atom is 0.209 e. The van der Waals surface area contributed by atoms with Crippen LogP contribution in [0.1, 0.15) is 17.2 Å². The smallest absolute Gasteiger partial charge is 0.209 e. The molecule has 0 spiro atoms. The van der Waals surface area contributed by atoms with Gasteiger partial charge in [-0.2, -0.15) is 0 Å². The monoisotopic (exact) mass is 479 g/mol. The second-order valence-corrected chi connectivity index (χ2v) is 8.34. The molecule has 1 N–H and O–H groups in total. The minimum atomic E-state index is 0.0557. The molecule has 0 aliphatic carbocycles. The Bertz CT molecular complexity index is 1190. The molecule has 1 aliphatic heterocycles. The summed E-state index contributed by atoms with van der Waals surface area (Å²) in [5, 5.41) is 3.52. The van der Waals surface area contributed by atoms with Gasteiger partial charge in [-0.15, -0.1) is 0 Å². The molecule has 5 heteroatoms. The highest BCUT2D eigenvalue weighted by molar-refractivity contribution is 9.10. The van der Waals surface area contributed by atoms with E-state index in [4.69, 9.17) is 4.98 Å². The number of fused-ring (bicyclic) bond motifs is 3. The van der Waals surface area contributed by atoms with E-state index in [0.717, 1.165) is 37.2 Å². The number of para-hydroxylation sites is 2. The lowest BCUT2D eigenvalue weighted by Gasteiger charge is -2.27. The van der Waals surface area contributed by atoms with Gasteiger partial charge in [-0.3, -0.25) is 4.57 Å². The number of anilines is 1. The average molecular weight is 481 g/mol. The second-order valence-electron chi connectivity index (χ2n) is 6.51. The van der Waals surface area contributed by atoms with E-state index >= 15 is 0 Å². The van der Waals surface area contributed by atoms with Gasteiger partial charge in [-0.05, 0) is 53.6 Å². The Kier molecular flexibility index (Phi) is 4.14. The van der Waals surface area contributed by atoms with Crippen molar-refractivity contribution in [2.45, 2.75) is 6.04 Å². The normalized spacial score (nSPS) is 15.9. The van der Waals surface area contributed by atoms with Crippen LogP contribution in [-0.4, -0.2) is 9.55 Å². The van der Waals surface area contributed by atoms with E-state index < -0.39 is 0 Å². The second kappa shape index (κ2) is 6.66. The highest BCUT2D eigenvalue weighted by atomic mass is 79.9. The number of hydrogen-bond acceptors (Lipinski definition) is 2. The molecular weight excluding hydrogens is 466 g/mol. The number of imidazole rings is 1. The zero-order valence-corrected chi connectivity index (χ0v) is 17.4. The number of halogens is 2. The summed E-state index contributed by atoms with van der Waals surface area (Å²) in [6.07, 6.45) is 2.27. The van der Waals surface area contributed by atoms with Crippen LogP contribution in [0.2, 0.25) is 0 Å². The summed E-state index contributed by atoms with van der Waals surface area (Å²) >= 11 is 7.19. The fourth-order valence-electron chi connectivity index (χ4n) is 3.57. The van der Waals surface area contributed by atoms with Gasteiger partial charge in [-0.25, -0.2) is 4.98 Å². The van der Waals surface area contributed by atoms with Gasteiger partial charge in [0.15, 0.2) is 0 Å². The average Bonchev–Trinajstić information content (AvgIpc) is 3.06.